The third-order valence-corrected chi connectivity index (χ3v) is 6.07. The second-order valence-electron chi connectivity index (χ2n) is 8.06. The van der Waals surface area contributed by atoms with Crippen molar-refractivity contribution in [2.24, 2.45) is 5.92 Å². The van der Waals surface area contributed by atoms with Crippen LogP contribution in [0.2, 0.25) is 0 Å². The number of hydrogen-bond acceptors (Lipinski definition) is 5. The second-order valence-corrected chi connectivity index (χ2v) is 55.2. The van der Waals surface area contributed by atoms with Gasteiger partial charge in [-0.05, 0) is 49.2 Å². The van der Waals surface area contributed by atoms with Crippen LogP contribution in [-0.4, -0.2) is 58.0 Å². The van der Waals surface area contributed by atoms with Crippen molar-refractivity contribution in [1.29, 1.82) is 0 Å². The van der Waals surface area contributed by atoms with Gasteiger partial charge in [0, 0.05) is 94.5 Å². The Morgan fingerprint density at radius 2 is 1.30 bits per heavy atom. The standard InChI is InChI=1S/C10H16O2.C9H14O3.2Ac.5HI.2V/c1-7-3-4-8(2)10(5-7)9(6-11)12-10;1-6-2-3-7(11)4-9(6)8(5-10)12-9;;;;;;;;;/h7,9,11H,2-6H2,1H3;7-8,10-11H,1-5H2;;;5*1H;;/q;;;;;;;;;+2;+3/p-5. The Labute approximate surface area is 337 Å². The number of rotatable bonds is 2. The SMILES string of the molecule is C=C1CCC(C)CC12OC2CO.C=C1CCC(O)CC12OC2CO.[Ac].[Ac].[I][V]([I])[I].[I][V][I]. The number of aliphatic hydroxyl groups is 3. The van der Waals surface area contributed by atoms with Crippen LogP contribution in [0.1, 0.15) is 45.4 Å². The molecule has 0 amide bonds. The van der Waals surface area contributed by atoms with E-state index < -0.39 is 0 Å². The molecule has 6 unspecified atom stereocenters. The van der Waals surface area contributed by atoms with E-state index in [4.69, 9.17) is 19.7 Å². The summed E-state index contributed by atoms with van der Waals surface area (Å²) in [5, 5.41) is 27.3. The molecular weight excluding hydrogens is 1500 g/mol. The summed E-state index contributed by atoms with van der Waals surface area (Å²) >= 11 is 12.1. The van der Waals surface area contributed by atoms with Crippen LogP contribution in [0.4, 0.5) is 0 Å². The van der Waals surface area contributed by atoms with Crippen molar-refractivity contribution in [3.63, 3.8) is 0 Å². The summed E-state index contributed by atoms with van der Waals surface area (Å²) in [4.78, 5) is -0.278. The molecule has 2 saturated carbocycles. The van der Waals surface area contributed by atoms with Crippen molar-refractivity contribution in [3.8, 4) is 0 Å². The van der Waals surface area contributed by atoms with E-state index in [0.29, 0.717) is 21.8 Å². The van der Waals surface area contributed by atoms with Crippen LogP contribution in [0.25, 0.3) is 0 Å². The van der Waals surface area contributed by atoms with E-state index in [9.17, 15) is 5.11 Å². The molecule has 2 radical (unpaired) electrons. The topological polar surface area (TPSA) is 85.8 Å². The summed E-state index contributed by atoms with van der Waals surface area (Å²) in [6, 6.07) is 0. The Balaban J connectivity index is 0. The van der Waals surface area contributed by atoms with E-state index in [1.807, 2.05) is 0 Å². The van der Waals surface area contributed by atoms with Crippen LogP contribution < -0.4 is 0 Å². The molecule has 2 saturated heterocycles. The normalized spacial score (nSPS) is 35.5. The van der Waals surface area contributed by atoms with Crippen molar-refractivity contribution in [1.82, 2.24) is 0 Å². The first-order valence-electron chi connectivity index (χ1n) is 9.84. The molecule has 187 valence electrons. The summed E-state index contributed by atoms with van der Waals surface area (Å²) in [7, 11) is 0.628. The minimum atomic E-state index is -0.369. The molecule has 4 aliphatic rings. The van der Waals surface area contributed by atoms with Gasteiger partial charge in [0.15, 0.2) is 0 Å². The molecule has 6 atom stereocenters. The van der Waals surface area contributed by atoms with Gasteiger partial charge in [0.25, 0.3) is 0 Å². The van der Waals surface area contributed by atoms with Crippen LogP contribution in [0.3, 0.4) is 0 Å². The molecule has 33 heavy (non-hydrogen) atoms. The molecule has 2 aliphatic carbocycles. The Morgan fingerprint density at radius 3 is 1.67 bits per heavy atom. The van der Waals surface area contributed by atoms with E-state index in [0.717, 1.165) is 31.3 Å². The predicted octanol–water partition coefficient (Wildman–Crippen LogP) is 6.13. The van der Waals surface area contributed by atoms with Gasteiger partial charge in [-0.1, -0.05) is 20.1 Å². The second kappa shape index (κ2) is 21.6. The van der Waals surface area contributed by atoms with Gasteiger partial charge in [0.1, 0.15) is 23.4 Å². The zero-order valence-corrected chi connectivity index (χ0v) is 41.5. The zero-order valence-electron chi connectivity index (χ0n) is 18.5. The molecule has 2 heterocycles. The molecule has 4 fully saturated rings. The van der Waals surface area contributed by atoms with Gasteiger partial charge in [-0.25, -0.2) is 0 Å². The molecule has 0 aromatic carbocycles. The third kappa shape index (κ3) is 14.3. The predicted molar refractivity (Wildman–Crippen MR) is 161 cm³/mol. The zero-order chi connectivity index (χ0) is 23.8. The third-order valence-electron chi connectivity index (χ3n) is 6.07. The molecule has 14 heteroatoms. The van der Waals surface area contributed by atoms with Crippen LogP contribution in [0.15, 0.2) is 24.3 Å². The van der Waals surface area contributed by atoms with Crippen LogP contribution in [0.5, 0.6) is 0 Å². The van der Waals surface area contributed by atoms with E-state index in [1.165, 1.54) is 12.0 Å². The van der Waals surface area contributed by atoms with Gasteiger partial charge in [-0.2, -0.15) is 0 Å². The Bertz CT molecular complexity index is 564. The van der Waals surface area contributed by atoms with Gasteiger partial charge in [0.05, 0.1) is 19.3 Å². The number of halogens is 5. The van der Waals surface area contributed by atoms with Gasteiger partial charge in [-0.3, -0.25) is 0 Å². The molecule has 2 spiro atoms. The van der Waals surface area contributed by atoms with Gasteiger partial charge >= 0.3 is 114 Å². The first-order chi connectivity index (χ1) is 14.5. The molecule has 5 nitrogen and oxygen atoms in total. The average Bonchev–Trinajstić information content (AvgIpc) is 3.58. The Morgan fingerprint density at radius 1 is 0.939 bits per heavy atom. The molecule has 0 aromatic rings. The molecule has 3 N–H and O–H groups in total. The first-order valence-corrected chi connectivity index (χ1v) is 32.4. The van der Waals surface area contributed by atoms with Crippen LogP contribution >= 0.6 is 99.9 Å². The van der Waals surface area contributed by atoms with E-state index in [-0.39, 0.29) is 136 Å². The summed E-state index contributed by atoms with van der Waals surface area (Å²) in [5.74, 6) is 0.715. The van der Waals surface area contributed by atoms with E-state index in [2.05, 4.69) is 120 Å². The van der Waals surface area contributed by atoms with E-state index in [1.54, 1.807) is 0 Å². The molecule has 4 rings (SSSR count). The number of aliphatic hydroxyl groups excluding tert-OH is 3. The Hall–Kier alpha value is 6.98. The van der Waals surface area contributed by atoms with Crippen molar-refractivity contribution >= 4 is 99.9 Å². The van der Waals surface area contributed by atoms with Gasteiger partial charge < -0.3 is 24.8 Å². The quantitative estimate of drug-likeness (QED) is 0.176. The van der Waals surface area contributed by atoms with Crippen molar-refractivity contribution in [2.75, 3.05) is 13.2 Å². The van der Waals surface area contributed by atoms with Gasteiger partial charge in [0.2, 0.25) is 0 Å². The maximum atomic E-state index is 9.41. The number of epoxide rings is 2. The van der Waals surface area contributed by atoms with Crippen molar-refractivity contribution in [2.45, 2.75) is 75.0 Å². The van der Waals surface area contributed by atoms with Crippen molar-refractivity contribution in [3.05, 3.63) is 24.3 Å². The summed E-state index contributed by atoms with van der Waals surface area (Å²) in [6.45, 7) is 10.4. The van der Waals surface area contributed by atoms with Crippen LogP contribution in [-0.2, 0) is 23.9 Å². The molecular formula is C19H30Ac2I5O5V2. The summed E-state index contributed by atoms with van der Waals surface area (Å²) in [6.07, 6.45) is 5.20. The minimum absolute atomic E-state index is 0. The van der Waals surface area contributed by atoms with Crippen LogP contribution in [0, 0.1) is 94.0 Å². The Kier molecular flexibility index (Phi) is 27.6. The average molecular weight is 1530 g/mol. The fraction of sp³-hybridized carbons (Fsp3) is 0.789. The van der Waals surface area contributed by atoms with Crippen molar-refractivity contribution < 1.29 is 127 Å². The fourth-order valence-electron chi connectivity index (χ4n) is 4.34. The fourth-order valence-corrected chi connectivity index (χ4v) is 4.34. The first kappa shape index (κ1) is 42.1. The summed E-state index contributed by atoms with van der Waals surface area (Å²) in [5.41, 5.74) is 1.74. The number of ether oxygens (including phenoxy) is 2. The summed E-state index contributed by atoms with van der Waals surface area (Å²) < 4.78 is 10.9. The monoisotopic (exact) mass is 1530 g/mol. The molecule has 0 aromatic heterocycles. The molecule has 0 bridgehead atoms. The maximum absolute atomic E-state index is 9.41. The van der Waals surface area contributed by atoms with E-state index >= 15 is 0 Å². The molecule has 2 aliphatic heterocycles. The van der Waals surface area contributed by atoms with Gasteiger partial charge in [-0.15, -0.1) is 0 Å². The number of hydrogen-bond donors (Lipinski definition) is 3.